The van der Waals surface area contributed by atoms with Crippen LogP contribution in [0.1, 0.15) is 58.2 Å². The van der Waals surface area contributed by atoms with Gasteiger partial charge in [-0.05, 0) is 0 Å². The Hall–Kier alpha value is 0.106. The van der Waals surface area contributed by atoms with E-state index in [2.05, 4.69) is 72.7 Å². The second kappa shape index (κ2) is 6.47. The zero-order chi connectivity index (χ0) is 15.7. The van der Waals surface area contributed by atoms with Crippen molar-refractivity contribution in [3.63, 3.8) is 0 Å². The zero-order valence-electron chi connectivity index (χ0n) is 14.3. The van der Waals surface area contributed by atoms with Gasteiger partial charge in [-0.25, -0.2) is 0 Å². The van der Waals surface area contributed by atoms with Crippen LogP contribution in [-0.4, -0.2) is 35.4 Å². The summed E-state index contributed by atoms with van der Waals surface area (Å²) in [7, 11) is 10.7. The van der Waals surface area contributed by atoms with Crippen molar-refractivity contribution in [3.8, 4) is 0 Å². The van der Waals surface area contributed by atoms with E-state index in [0.29, 0.717) is 0 Å². The van der Waals surface area contributed by atoms with Gasteiger partial charge in [-0.3, -0.25) is 0 Å². The quantitative estimate of drug-likeness (QED) is 0.748. The molecule has 0 heterocycles. The summed E-state index contributed by atoms with van der Waals surface area (Å²) in [5.74, 6) is 0. The van der Waals surface area contributed by atoms with Crippen molar-refractivity contribution in [2.45, 2.75) is 58.9 Å². The molecule has 3 heteroatoms. The number of hydrogen-bond acceptors (Lipinski definition) is 1. The van der Waals surface area contributed by atoms with E-state index in [4.69, 9.17) is 9.64 Å². The van der Waals surface area contributed by atoms with Gasteiger partial charge in [-0.2, -0.15) is 0 Å². The van der Waals surface area contributed by atoms with E-state index < -0.39 is 16.4 Å². The van der Waals surface area contributed by atoms with E-state index in [9.17, 15) is 0 Å². The fraction of sp³-hybridized carbons (Fsp3) is 0.647. The van der Waals surface area contributed by atoms with Crippen LogP contribution in [0.2, 0.25) is 0 Å². The van der Waals surface area contributed by atoms with Crippen LogP contribution in [0, 0.1) is 0 Å². The molecule has 0 aliphatic rings. The predicted octanol–water partition coefficient (Wildman–Crippen LogP) is 3.83. The number of rotatable bonds is 3. The van der Waals surface area contributed by atoms with Gasteiger partial charge in [0.05, 0.1) is 0 Å². The normalized spacial score (nSPS) is 12.9. The third kappa shape index (κ3) is 4.55. The summed E-state index contributed by atoms with van der Waals surface area (Å²) in [4.78, 5) is 2.24. The summed E-state index contributed by atoms with van der Waals surface area (Å²) in [6.45, 7) is 14.7. The second-order valence-electron chi connectivity index (χ2n) is 7.94. The number of nitrogens with zero attached hydrogens (tertiary/aromatic N) is 1. The Kier molecular flexibility index (Phi) is 5.88. The van der Waals surface area contributed by atoms with Crippen molar-refractivity contribution in [2.75, 3.05) is 14.1 Å². The molecule has 20 heavy (non-hydrogen) atoms. The van der Waals surface area contributed by atoms with Crippen LogP contribution < -0.4 is 4.12 Å². The third-order valence-corrected chi connectivity index (χ3v) is 6.56. The number of benzene rings is 1. The van der Waals surface area contributed by atoms with Gasteiger partial charge in [0.25, 0.3) is 0 Å². The molecule has 0 saturated heterocycles. The molecule has 0 fully saturated rings. The van der Waals surface area contributed by atoms with E-state index in [0.717, 1.165) is 6.54 Å². The molecule has 1 nitrogen and oxygen atoms in total. The Morgan fingerprint density at radius 2 is 1.55 bits per heavy atom. The monoisotopic (exact) mass is 350 g/mol. The second-order valence-corrected chi connectivity index (χ2v) is 10.7. The molecule has 1 aromatic carbocycles. The summed E-state index contributed by atoms with van der Waals surface area (Å²) < 4.78 is 1.46. The first-order valence-electron chi connectivity index (χ1n) is 7.23. The zero-order valence-corrected chi connectivity index (χ0v) is 17.4. The van der Waals surface area contributed by atoms with Crippen LogP contribution in [0.25, 0.3) is 0 Å². The molecular formula is C17H28ClGaN. The van der Waals surface area contributed by atoms with Gasteiger partial charge in [0.2, 0.25) is 0 Å². The average Bonchev–Trinajstić information content (AvgIpc) is 2.24. The molecule has 0 saturated carbocycles. The molecule has 0 bridgehead atoms. The van der Waals surface area contributed by atoms with E-state index in [1.54, 1.807) is 0 Å². The van der Waals surface area contributed by atoms with Crippen molar-refractivity contribution in [2.24, 2.45) is 0 Å². The van der Waals surface area contributed by atoms with E-state index in [-0.39, 0.29) is 10.8 Å². The summed E-state index contributed by atoms with van der Waals surface area (Å²) in [5.41, 5.74) is 4.64. The number of hydrogen-bond donors (Lipinski definition) is 0. The molecule has 1 rings (SSSR count). The molecular weight excluding hydrogens is 323 g/mol. The summed E-state index contributed by atoms with van der Waals surface area (Å²) in [6, 6.07) is 4.78. The van der Waals surface area contributed by atoms with Crippen LogP contribution >= 0.6 is 9.64 Å². The molecule has 0 spiro atoms. The van der Waals surface area contributed by atoms with E-state index >= 15 is 0 Å². The molecule has 0 amide bonds. The third-order valence-electron chi connectivity index (χ3n) is 3.54. The van der Waals surface area contributed by atoms with E-state index in [1.165, 1.54) is 20.8 Å². The van der Waals surface area contributed by atoms with Gasteiger partial charge in [0.1, 0.15) is 0 Å². The van der Waals surface area contributed by atoms with Gasteiger partial charge in [-0.15, -0.1) is 0 Å². The average molecular weight is 352 g/mol. The Morgan fingerprint density at radius 3 is 1.90 bits per heavy atom. The molecule has 1 radical (unpaired) electrons. The first-order chi connectivity index (χ1) is 8.96. The number of halogens is 1. The SMILES string of the molecule is CN(C)Cc1cc(C(C)(C)C)cc(C(C)(C)C)[c]1[Ga][Cl]. The fourth-order valence-electron chi connectivity index (χ4n) is 2.37. The Balaban J connectivity index is 3.56. The van der Waals surface area contributed by atoms with Crippen LogP contribution in [0.5, 0.6) is 0 Å². The Bertz CT molecular complexity index is 467. The molecule has 0 N–H and O–H groups in total. The summed E-state index contributed by atoms with van der Waals surface area (Å²) in [6.07, 6.45) is 0. The molecule has 111 valence electrons. The minimum atomic E-state index is -0.864. The van der Waals surface area contributed by atoms with Crippen LogP contribution in [0.15, 0.2) is 12.1 Å². The molecule has 0 unspecified atom stereocenters. The Labute approximate surface area is 136 Å². The van der Waals surface area contributed by atoms with Gasteiger partial charge in [0.15, 0.2) is 0 Å². The summed E-state index contributed by atoms with van der Waals surface area (Å²) in [5, 5.41) is 0. The van der Waals surface area contributed by atoms with Crippen molar-refractivity contribution in [1.29, 1.82) is 0 Å². The van der Waals surface area contributed by atoms with Crippen molar-refractivity contribution < 1.29 is 0 Å². The fourth-order valence-corrected chi connectivity index (χ4v) is 5.70. The van der Waals surface area contributed by atoms with Gasteiger partial charge in [-0.1, -0.05) is 0 Å². The standard InChI is InChI=1S/C17H28N.ClH.Ga/c1-16(2,3)14-9-13(12-18(7)8)10-15(11-14)17(4,5)6;;/h9,11H,12H2,1-8H3;1H;/q;;+1/p-1. The van der Waals surface area contributed by atoms with Gasteiger partial charge >= 0.3 is 137 Å². The molecule has 1 aromatic rings. The molecule has 0 aromatic heterocycles. The maximum atomic E-state index is 6.43. The first kappa shape index (κ1) is 18.2. The Morgan fingerprint density at radius 1 is 1.00 bits per heavy atom. The first-order valence-corrected chi connectivity index (χ1v) is 11.6. The molecule has 0 aliphatic carbocycles. The summed E-state index contributed by atoms with van der Waals surface area (Å²) >= 11 is -0.864. The minimum absolute atomic E-state index is 0.157. The van der Waals surface area contributed by atoms with E-state index in [1.807, 2.05) is 0 Å². The van der Waals surface area contributed by atoms with Crippen LogP contribution in [0.4, 0.5) is 0 Å². The van der Waals surface area contributed by atoms with Gasteiger partial charge < -0.3 is 0 Å². The molecule has 0 aliphatic heterocycles. The van der Waals surface area contributed by atoms with Gasteiger partial charge in [0, 0.05) is 0 Å². The van der Waals surface area contributed by atoms with Crippen LogP contribution in [-0.2, 0) is 17.4 Å². The topological polar surface area (TPSA) is 3.24 Å². The van der Waals surface area contributed by atoms with Crippen molar-refractivity contribution >= 4 is 30.2 Å². The molecule has 0 atom stereocenters. The maximum absolute atomic E-state index is 6.43. The predicted molar refractivity (Wildman–Crippen MR) is 92.5 cm³/mol. The van der Waals surface area contributed by atoms with Crippen LogP contribution in [0.3, 0.4) is 0 Å². The van der Waals surface area contributed by atoms with Crippen molar-refractivity contribution in [3.05, 3.63) is 28.8 Å². The van der Waals surface area contributed by atoms with Crippen molar-refractivity contribution in [1.82, 2.24) is 4.90 Å².